The van der Waals surface area contributed by atoms with E-state index >= 15 is 0 Å². The summed E-state index contributed by atoms with van der Waals surface area (Å²) >= 11 is 0. The maximum absolute atomic E-state index is 12.5. The number of hydrogen-bond donors (Lipinski definition) is 0. The molecule has 2 aliphatic rings. The van der Waals surface area contributed by atoms with Gasteiger partial charge in [0.05, 0.1) is 16.0 Å². The number of likely N-dealkylation sites (tertiary alicyclic amines) is 1. The molecule has 2 heterocycles. The molecule has 1 aromatic rings. The summed E-state index contributed by atoms with van der Waals surface area (Å²) in [7, 11) is 0. The molecule has 3 amide bonds. The molecule has 0 N–H and O–H groups in total. The zero-order valence-electron chi connectivity index (χ0n) is 12.0. The minimum absolute atomic E-state index is 0.0432. The van der Waals surface area contributed by atoms with Crippen molar-refractivity contribution >= 4 is 23.4 Å². The average Bonchev–Trinajstić information content (AvgIpc) is 2.67. The van der Waals surface area contributed by atoms with Gasteiger partial charge in [-0.1, -0.05) is 6.07 Å². The van der Waals surface area contributed by atoms with E-state index in [1.807, 2.05) is 0 Å². The molecule has 1 saturated heterocycles. The third-order valence-electron chi connectivity index (χ3n) is 4.14. The van der Waals surface area contributed by atoms with Gasteiger partial charge in [0.25, 0.3) is 17.5 Å². The molecule has 0 bridgehead atoms. The number of fused-ring (bicyclic) bond motifs is 1. The number of amides is 3. The Bertz CT molecular complexity index is 736. The fourth-order valence-corrected chi connectivity index (χ4v) is 3.05. The summed E-state index contributed by atoms with van der Waals surface area (Å²) in [6.45, 7) is 3.58. The smallest absolute Gasteiger partial charge is 0.282 e. The predicted molar refractivity (Wildman–Crippen MR) is 74.3 cm³/mol. The first-order chi connectivity index (χ1) is 10.3. The molecule has 0 aliphatic carbocycles. The van der Waals surface area contributed by atoms with Crippen LogP contribution in [0.3, 0.4) is 0 Å². The standard InChI is InChI=1S/C14H13N3O5/c1-8(18)15-6-14(2,7-15)16-12(19)9-4-3-5-10(17(21)22)11(9)13(16)20/h3-5H,6-7H2,1-2H3. The van der Waals surface area contributed by atoms with E-state index in [1.165, 1.54) is 30.0 Å². The summed E-state index contributed by atoms with van der Waals surface area (Å²) in [4.78, 5) is 49.3. The molecule has 2 aliphatic heterocycles. The zero-order chi connectivity index (χ0) is 16.2. The van der Waals surface area contributed by atoms with Crippen LogP contribution in [0.5, 0.6) is 0 Å². The number of benzene rings is 1. The third-order valence-corrected chi connectivity index (χ3v) is 4.14. The highest BCUT2D eigenvalue weighted by Gasteiger charge is 2.54. The number of nitro benzene ring substituents is 1. The lowest BCUT2D eigenvalue weighted by molar-refractivity contribution is -0.385. The maximum atomic E-state index is 12.5. The number of carbonyl (C=O) groups is 3. The molecule has 114 valence electrons. The largest absolute Gasteiger partial charge is 0.338 e. The van der Waals surface area contributed by atoms with Crippen LogP contribution in [0.25, 0.3) is 0 Å². The van der Waals surface area contributed by atoms with Crippen molar-refractivity contribution in [3.8, 4) is 0 Å². The lowest BCUT2D eigenvalue weighted by atomic mass is 9.90. The Balaban J connectivity index is 2.00. The van der Waals surface area contributed by atoms with Crippen LogP contribution in [-0.4, -0.2) is 51.1 Å². The highest BCUT2D eigenvalue weighted by molar-refractivity contribution is 6.23. The summed E-state index contributed by atoms with van der Waals surface area (Å²) in [6, 6.07) is 4.00. The molecule has 22 heavy (non-hydrogen) atoms. The number of rotatable bonds is 2. The molecule has 8 heteroatoms. The first-order valence-electron chi connectivity index (χ1n) is 6.68. The Labute approximate surface area is 125 Å². The molecular weight excluding hydrogens is 290 g/mol. The van der Waals surface area contributed by atoms with Gasteiger partial charge in [-0.15, -0.1) is 0 Å². The lowest BCUT2D eigenvalue weighted by Gasteiger charge is -2.51. The van der Waals surface area contributed by atoms with Crippen LogP contribution >= 0.6 is 0 Å². The molecule has 1 aromatic carbocycles. The van der Waals surface area contributed by atoms with Gasteiger partial charge in [-0.3, -0.25) is 29.4 Å². The highest BCUT2D eigenvalue weighted by Crippen LogP contribution is 2.38. The second-order valence-electron chi connectivity index (χ2n) is 5.77. The first-order valence-corrected chi connectivity index (χ1v) is 6.68. The Hall–Kier alpha value is -2.77. The quantitative estimate of drug-likeness (QED) is 0.457. The van der Waals surface area contributed by atoms with Crippen molar-refractivity contribution in [2.75, 3.05) is 13.1 Å². The molecule has 0 radical (unpaired) electrons. The molecule has 8 nitrogen and oxygen atoms in total. The van der Waals surface area contributed by atoms with E-state index in [2.05, 4.69) is 0 Å². The first kappa shape index (κ1) is 14.2. The van der Waals surface area contributed by atoms with Crippen molar-refractivity contribution in [3.63, 3.8) is 0 Å². The van der Waals surface area contributed by atoms with Crippen molar-refractivity contribution in [2.45, 2.75) is 19.4 Å². The molecule has 3 rings (SSSR count). The van der Waals surface area contributed by atoms with E-state index in [0.29, 0.717) is 0 Å². The summed E-state index contributed by atoms with van der Waals surface area (Å²) in [5.41, 5.74) is -1.32. The number of carbonyl (C=O) groups excluding carboxylic acids is 3. The fraction of sp³-hybridized carbons (Fsp3) is 0.357. The molecule has 0 atom stereocenters. The normalized spacial score (nSPS) is 19.0. The van der Waals surface area contributed by atoms with E-state index in [4.69, 9.17) is 0 Å². The summed E-state index contributed by atoms with van der Waals surface area (Å²) in [6.07, 6.45) is 0. The number of nitrogens with zero attached hydrogens (tertiary/aromatic N) is 3. The molecule has 0 unspecified atom stereocenters. The monoisotopic (exact) mass is 303 g/mol. The SMILES string of the molecule is CC(=O)N1CC(C)(N2C(=O)c3cccc([N+](=O)[O-])c3C2=O)C1. The Morgan fingerprint density at radius 2 is 1.91 bits per heavy atom. The van der Waals surface area contributed by atoms with Crippen molar-refractivity contribution in [1.82, 2.24) is 9.80 Å². The molecular formula is C14H13N3O5. The van der Waals surface area contributed by atoms with Crippen molar-refractivity contribution in [2.24, 2.45) is 0 Å². The topological polar surface area (TPSA) is 101 Å². The van der Waals surface area contributed by atoms with Gasteiger partial charge in [-0.2, -0.15) is 0 Å². The highest BCUT2D eigenvalue weighted by atomic mass is 16.6. The Morgan fingerprint density at radius 3 is 2.45 bits per heavy atom. The Morgan fingerprint density at radius 1 is 1.27 bits per heavy atom. The van der Waals surface area contributed by atoms with Gasteiger partial charge in [0.15, 0.2) is 0 Å². The summed E-state index contributed by atoms with van der Waals surface area (Å²) in [5, 5.41) is 11.1. The second-order valence-corrected chi connectivity index (χ2v) is 5.77. The molecule has 0 saturated carbocycles. The van der Waals surface area contributed by atoms with Gasteiger partial charge in [0.2, 0.25) is 5.91 Å². The third kappa shape index (κ3) is 1.73. The summed E-state index contributed by atoms with van der Waals surface area (Å²) < 4.78 is 0. The average molecular weight is 303 g/mol. The minimum Gasteiger partial charge on any atom is -0.338 e. The number of imide groups is 1. The van der Waals surface area contributed by atoms with Crippen LogP contribution in [0.4, 0.5) is 5.69 Å². The van der Waals surface area contributed by atoms with E-state index in [-0.39, 0.29) is 35.8 Å². The van der Waals surface area contributed by atoms with Gasteiger partial charge < -0.3 is 4.90 Å². The van der Waals surface area contributed by atoms with Crippen molar-refractivity contribution in [3.05, 3.63) is 39.4 Å². The van der Waals surface area contributed by atoms with Crippen LogP contribution in [0.15, 0.2) is 18.2 Å². The van der Waals surface area contributed by atoms with Gasteiger partial charge in [-0.25, -0.2) is 0 Å². The zero-order valence-corrected chi connectivity index (χ0v) is 12.0. The van der Waals surface area contributed by atoms with E-state index in [9.17, 15) is 24.5 Å². The predicted octanol–water partition coefficient (Wildman–Crippen LogP) is 0.812. The van der Waals surface area contributed by atoms with Crippen molar-refractivity contribution < 1.29 is 19.3 Å². The van der Waals surface area contributed by atoms with Gasteiger partial charge in [0, 0.05) is 26.1 Å². The van der Waals surface area contributed by atoms with Crippen LogP contribution < -0.4 is 0 Å². The molecule has 0 aromatic heterocycles. The van der Waals surface area contributed by atoms with E-state index in [0.717, 1.165) is 4.90 Å². The maximum Gasteiger partial charge on any atom is 0.282 e. The molecule has 1 fully saturated rings. The van der Waals surface area contributed by atoms with Crippen LogP contribution in [0.1, 0.15) is 34.6 Å². The van der Waals surface area contributed by atoms with E-state index in [1.54, 1.807) is 6.92 Å². The Kier molecular flexibility index (Phi) is 2.81. The van der Waals surface area contributed by atoms with E-state index < -0.39 is 22.3 Å². The van der Waals surface area contributed by atoms with Crippen LogP contribution in [-0.2, 0) is 4.79 Å². The molecule has 0 spiro atoms. The van der Waals surface area contributed by atoms with Crippen LogP contribution in [0, 0.1) is 10.1 Å². The van der Waals surface area contributed by atoms with Gasteiger partial charge in [0.1, 0.15) is 5.56 Å². The van der Waals surface area contributed by atoms with Gasteiger partial charge in [-0.05, 0) is 13.0 Å². The minimum atomic E-state index is -0.827. The van der Waals surface area contributed by atoms with Gasteiger partial charge >= 0.3 is 0 Å². The fourth-order valence-electron chi connectivity index (χ4n) is 3.05. The van der Waals surface area contributed by atoms with Crippen LogP contribution in [0.2, 0.25) is 0 Å². The number of hydrogen-bond acceptors (Lipinski definition) is 5. The lowest BCUT2D eigenvalue weighted by Crippen LogP contribution is -2.70. The summed E-state index contributed by atoms with van der Waals surface area (Å²) in [5.74, 6) is -1.35. The second kappa shape index (κ2) is 4.36. The van der Waals surface area contributed by atoms with Crippen molar-refractivity contribution in [1.29, 1.82) is 0 Å². The number of nitro groups is 1.